The molecule has 0 saturated carbocycles. The molecular weight excluding hydrogens is 259 g/mol. The molecule has 0 radical (unpaired) electrons. The second-order valence-electron chi connectivity index (χ2n) is 4.48. The molecule has 0 aliphatic heterocycles. The van der Waals surface area contributed by atoms with Crippen LogP contribution in [-0.2, 0) is 13.0 Å². The monoisotopic (exact) mass is 274 g/mol. The predicted molar refractivity (Wildman–Crippen MR) is 74.9 cm³/mol. The number of halogens is 1. The van der Waals surface area contributed by atoms with E-state index < -0.39 is 4.92 Å². The SMILES string of the molecule is O=[N+]([O-])c1ccc(CCNCc2cccc(F)c2)cc1. The molecular formula is C15H15FN2O2. The molecule has 0 fully saturated rings. The van der Waals surface area contributed by atoms with Crippen LogP contribution in [0.5, 0.6) is 0 Å². The summed E-state index contributed by atoms with van der Waals surface area (Å²) in [6.07, 6.45) is 0.771. The number of non-ortho nitro benzene ring substituents is 1. The summed E-state index contributed by atoms with van der Waals surface area (Å²) in [5, 5.41) is 13.7. The summed E-state index contributed by atoms with van der Waals surface area (Å²) in [6.45, 7) is 1.33. The average Bonchev–Trinajstić information content (AvgIpc) is 2.44. The van der Waals surface area contributed by atoms with Gasteiger partial charge in [0.05, 0.1) is 4.92 Å². The summed E-state index contributed by atoms with van der Waals surface area (Å²) in [7, 11) is 0. The molecule has 2 rings (SSSR count). The molecule has 0 aliphatic rings. The Morgan fingerprint density at radius 3 is 2.50 bits per heavy atom. The van der Waals surface area contributed by atoms with Crippen LogP contribution in [0.2, 0.25) is 0 Å². The zero-order valence-corrected chi connectivity index (χ0v) is 10.9. The Kier molecular flexibility index (Phi) is 4.79. The third-order valence-corrected chi connectivity index (χ3v) is 2.96. The highest BCUT2D eigenvalue weighted by molar-refractivity contribution is 5.32. The van der Waals surface area contributed by atoms with Crippen molar-refractivity contribution in [3.05, 3.63) is 75.6 Å². The Bertz CT molecular complexity index is 585. The molecule has 20 heavy (non-hydrogen) atoms. The van der Waals surface area contributed by atoms with E-state index in [0.717, 1.165) is 24.1 Å². The minimum Gasteiger partial charge on any atom is -0.312 e. The van der Waals surface area contributed by atoms with E-state index in [1.54, 1.807) is 18.2 Å². The normalized spacial score (nSPS) is 10.4. The number of nitro benzene ring substituents is 1. The smallest absolute Gasteiger partial charge is 0.269 e. The summed E-state index contributed by atoms with van der Waals surface area (Å²) in [5.41, 5.74) is 2.03. The molecule has 0 unspecified atom stereocenters. The predicted octanol–water partition coefficient (Wildman–Crippen LogP) is 3.07. The third kappa shape index (κ3) is 4.13. The molecule has 0 aromatic heterocycles. The Labute approximate surface area is 116 Å². The van der Waals surface area contributed by atoms with E-state index in [9.17, 15) is 14.5 Å². The van der Waals surface area contributed by atoms with Crippen LogP contribution in [0, 0.1) is 15.9 Å². The van der Waals surface area contributed by atoms with Gasteiger partial charge in [0.15, 0.2) is 0 Å². The molecule has 0 aliphatic carbocycles. The summed E-state index contributed by atoms with van der Waals surface area (Å²) in [4.78, 5) is 10.1. The number of hydrogen-bond acceptors (Lipinski definition) is 3. The largest absolute Gasteiger partial charge is 0.312 e. The van der Waals surface area contributed by atoms with E-state index in [1.807, 2.05) is 6.07 Å². The summed E-state index contributed by atoms with van der Waals surface area (Å²) >= 11 is 0. The van der Waals surface area contributed by atoms with Crippen molar-refractivity contribution in [2.75, 3.05) is 6.54 Å². The van der Waals surface area contributed by atoms with Gasteiger partial charge in [-0.15, -0.1) is 0 Å². The second kappa shape index (κ2) is 6.77. The molecule has 0 amide bonds. The van der Waals surface area contributed by atoms with Crippen molar-refractivity contribution in [2.24, 2.45) is 0 Å². The van der Waals surface area contributed by atoms with Crippen LogP contribution in [0.15, 0.2) is 48.5 Å². The minimum absolute atomic E-state index is 0.0986. The van der Waals surface area contributed by atoms with Crippen molar-refractivity contribution in [3.8, 4) is 0 Å². The summed E-state index contributed by atoms with van der Waals surface area (Å²) in [6, 6.07) is 13.0. The maximum absolute atomic E-state index is 13.0. The van der Waals surface area contributed by atoms with Crippen LogP contribution >= 0.6 is 0 Å². The van der Waals surface area contributed by atoms with Crippen LogP contribution in [-0.4, -0.2) is 11.5 Å². The van der Waals surface area contributed by atoms with Gasteiger partial charge in [0, 0.05) is 18.7 Å². The van der Waals surface area contributed by atoms with Crippen LogP contribution < -0.4 is 5.32 Å². The molecule has 0 heterocycles. The first-order valence-electron chi connectivity index (χ1n) is 6.33. The Balaban J connectivity index is 1.77. The Morgan fingerprint density at radius 1 is 1.10 bits per heavy atom. The first-order chi connectivity index (χ1) is 9.65. The number of nitrogens with zero attached hydrogens (tertiary/aromatic N) is 1. The molecule has 0 spiro atoms. The van der Waals surface area contributed by atoms with Gasteiger partial charge in [-0.25, -0.2) is 4.39 Å². The molecule has 104 valence electrons. The van der Waals surface area contributed by atoms with Gasteiger partial charge < -0.3 is 5.32 Å². The maximum atomic E-state index is 13.0. The quantitative estimate of drug-likeness (QED) is 0.500. The minimum atomic E-state index is -0.411. The van der Waals surface area contributed by atoms with E-state index in [1.165, 1.54) is 24.3 Å². The fourth-order valence-electron chi connectivity index (χ4n) is 1.90. The van der Waals surface area contributed by atoms with E-state index >= 15 is 0 Å². The number of nitrogens with one attached hydrogen (secondary N) is 1. The van der Waals surface area contributed by atoms with Gasteiger partial charge in [-0.05, 0) is 36.2 Å². The summed E-state index contributed by atoms with van der Waals surface area (Å²) < 4.78 is 13.0. The van der Waals surface area contributed by atoms with E-state index in [-0.39, 0.29) is 11.5 Å². The van der Waals surface area contributed by atoms with Crippen molar-refractivity contribution in [1.29, 1.82) is 0 Å². The van der Waals surface area contributed by atoms with Crippen molar-refractivity contribution >= 4 is 5.69 Å². The van der Waals surface area contributed by atoms with Gasteiger partial charge in [-0.3, -0.25) is 10.1 Å². The molecule has 0 atom stereocenters. The van der Waals surface area contributed by atoms with Gasteiger partial charge >= 0.3 is 0 Å². The highest BCUT2D eigenvalue weighted by Crippen LogP contribution is 2.12. The standard InChI is InChI=1S/C15H15FN2O2/c16-14-3-1-2-13(10-14)11-17-9-8-12-4-6-15(7-5-12)18(19)20/h1-7,10,17H,8-9,11H2. The molecule has 1 N–H and O–H groups in total. The zero-order valence-electron chi connectivity index (χ0n) is 10.9. The molecule has 5 heteroatoms. The summed E-state index contributed by atoms with van der Waals surface area (Å²) in [5.74, 6) is -0.236. The van der Waals surface area contributed by atoms with Crippen molar-refractivity contribution in [1.82, 2.24) is 5.32 Å². The molecule has 2 aromatic carbocycles. The lowest BCUT2D eigenvalue weighted by atomic mass is 10.1. The molecule has 0 bridgehead atoms. The van der Waals surface area contributed by atoms with Gasteiger partial charge in [0.1, 0.15) is 5.82 Å². The van der Waals surface area contributed by atoms with Gasteiger partial charge in [0.2, 0.25) is 0 Å². The fraction of sp³-hybridized carbons (Fsp3) is 0.200. The van der Waals surface area contributed by atoms with Gasteiger partial charge in [0.25, 0.3) is 5.69 Å². The Morgan fingerprint density at radius 2 is 1.85 bits per heavy atom. The molecule has 4 nitrogen and oxygen atoms in total. The number of rotatable bonds is 6. The topological polar surface area (TPSA) is 55.2 Å². The van der Waals surface area contributed by atoms with Crippen molar-refractivity contribution in [2.45, 2.75) is 13.0 Å². The van der Waals surface area contributed by atoms with Crippen LogP contribution in [0.4, 0.5) is 10.1 Å². The first kappa shape index (κ1) is 14.1. The third-order valence-electron chi connectivity index (χ3n) is 2.96. The van der Waals surface area contributed by atoms with E-state index in [2.05, 4.69) is 5.32 Å². The number of benzene rings is 2. The van der Waals surface area contributed by atoms with Crippen LogP contribution in [0.3, 0.4) is 0 Å². The van der Waals surface area contributed by atoms with Crippen LogP contribution in [0.1, 0.15) is 11.1 Å². The maximum Gasteiger partial charge on any atom is 0.269 e. The Hall–Kier alpha value is -2.27. The molecule has 0 saturated heterocycles. The highest BCUT2D eigenvalue weighted by atomic mass is 19.1. The fourth-order valence-corrected chi connectivity index (χ4v) is 1.90. The average molecular weight is 274 g/mol. The lowest BCUT2D eigenvalue weighted by molar-refractivity contribution is -0.384. The lowest BCUT2D eigenvalue weighted by Crippen LogP contribution is -2.16. The van der Waals surface area contributed by atoms with Crippen molar-refractivity contribution in [3.63, 3.8) is 0 Å². The van der Waals surface area contributed by atoms with E-state index in [4.69, 9.17) is 0 Å². The van der Waals surface area contributed by atoms with E-state index in [0.29, 0.717) is 6.54 Å². The van der Waals surface area contributed by atoms with Crippen molar-refractivity contribution < 1.29 is 9.31 Å². The lowest BCUT2D eigenvalue weighted by Gasteiger charge is -2.05. The second-order valence-corrected chi connectivity index (χ2v) is 4.48. The molecule has 2 aromatic rings. The highest BCUT2D eigenvalue weighted by Gasteiger charge is 2.03. The van der Waals surface area contributed by atoms with Crippen LogP contribution in [0.25, 0.3) is 0 Å². The zero-order chi connectivity index (χ0) is 14.4. The number of nitro groups is 1. The number of hydrogen-bond donors (Lipinski definition) is 1. The van der Waals surface area contributed by atoms with Gasteiger partial charge in [-0.1, -0.05) is 24.3 Å². The first-order valence-corrected chi connectivity index (χ1v) is 6.33. The van der Waals surface area contributed by atoms with Gasteiger partial charge in [-0.2, -0.15) is 0 Å².